The number of fused-ring (bicyclic) bond motifs is 2. The van der Waals surface area contributed by atoms with Crippen LogP contribution in [0.15, 0.2) is 51.7 Å². The molecule has 5 rings (SSSR count). The number of carbonyl (C=O) groups is 2. The van der Waals surface area contributed by atoms with Crippen molar-refractivity contribution in [2.45, 2.75) is 25.8 Å². The minimum absolute atomic E-state index is 0.0890. The molecule has 0 unspecified atom stereocenters. The maximum Gasteiger partial charge on any atom is 0.420 e. The number of amides is 2. The quantitative estimate of drug-likeness (QED) is 0.490. The van der Waals surface area contributed by atoms with Gasteiger partial charge in [0, 0.05) is 37.3 Å². The van der Waals surface area contributed by atoms with Gasteiger partial charge in [-0.2, -0.15) is 0 Å². The molecular formula is C25H26N4O5. The molecule has 2 aromatic carbocycles. The molecule has 0 spiro atoms. The van der Waals surface area contributed by atoms with Crippen LogP contribution in [0.3, 0.4) is 0 Å². The fraction of sp³-hybridized carbons (Fsp3) is 0.320. The molecule has 4 aromatic rings. The van der Waals surface area contributed by atoms with Crippen molar-refractivity contribution in [3.8, 4) is 5.75 Å². The van der Waals surface area contributed by atoms with E-state index in [4.69, 9.17) is 9.15 Å². The number of nitrogens with one attached hydrogen (secondary N) is 1. The van der Waals surface area contributed by atoms with Crippen molar-refractivity contribution in [3.05, 3.63) is 58.7 Å². The number of anilines is 1. The van der Waals surface area contributed by atoms with Crippen molar-refractivity contribution in [2.75, 3.05) is 25.5 Å². The summed E-state index contributed by atoms with van der Waals surface area (Å²) in [5.74, 6) is -0.279. The predicted molar refractivity (Wildman–Crippen MR) is 128 cm³/mol. The van der Waals surface area contributed by atoms with Gasteiger partial charge in [0.2, 0.25) is 5.91 Å². The van der Waals surface area contributed by atoms with E-state index in [1.54, 1.807) is 34.8 Å². The summed E-state index contributed by atoms with van der Waals surface area (Å²) in [4.78, 5) is 40.0. The van der Waals surface area contributed by atoms with Gasteiger partial charge in [-0.1, -0.05) is 0 Å². The van der Waals surface area contributed by atoms with E-state index in [0.29, 0.717) is 41.3 Å². The van der Waals surface area contributed by atoms with Crippen LogP contribution in [0.4, 0.5) is 5.69 Å². The average molecular weight is 463 g/mol. The number of likely N-dealkylation sites (tertiary alicyclic amines) is 1. The highest BCUT2D eigenvalue weighted by Gasteiger charge is 2.20. The van der Waals surface area contributed by atoms with E-state index in [1.807, 2.05) is 31.3 Å². The zero-order valence-electron chi connectivity index (χ0n) is 19.2. The second kappa shape index (κ2) is 8.74. The second-order valence-corrected chi connectivity index (χ2v) is 8.55. The molecule has 3 heterocycles. The third-order valence-electron chi connectivity index (χ3n) is 6.41. The van der Waals surface area contributed by atoms with Crippen LogP contribution in [0.25, 0.3) is 22.0 Å². The van der Waals surface area contributed by atoms with Gasteiger partial charge in [-0.15, -0.1) is 0 Å². The van der Waals surface area contributed by atoms with Crippen molar-refractivity contribution in [3.63, 3.8) is 0 Å². The molecule has 1 N–H and O–H groups in total. The lowest BCUT2D eigenvalue weighted by Crippen LogP contribution is -2.39. The molecule has 0 radical (unpaired) electrons. The number of aryl methyl sites for hydroxylation is 1. The molecule has 1 saturated heterocycles. The van der Waals surface area contributed by atoms with Gasteiger partial charge in [-0.25, -0.2) is 4.79 Å². The molecule has 176 valence electrons. The number of carbonyl (C=O) groups excluding carboxylic acids is 2. The maximum absolute atomic E-state index is 13.1. The molecule has 1 fully saturated rings. The highest BCUT2D eigenvalue weighted by molar-refractivity contribution is 6.07. The monoisotopic (exact) mass is 462 g/mol. The summed E-state index contributed by atoms with van der Waals surface area (Å²) in [6.45, 7) is 1.33. The Kier molecular flexibility index (Phi) is 5.61. The number of oxazole rings is 1. The number of hydrogen-bond acceptors (Lipinski definition) is 5. The van der Waals surface area contributed by atoms with Crippen LogP contribution in [-0.2, 0) is 18.4 Å². The molecule has 34 heavy (non-hydrogen) atoms. The molecule has 0 saturated carbocycles. The van der Waals surface area contributed by atoms with E-state index in [2.05, 4.69) is 5.32 Å². The van der Waals surface area contributed by atoms with E-state index >= 15 is 0 Å². The van der Waals surface area contributed by atoms with Crippen LogP contribution in [0.2, 0.25) is 0 Å². The molecule has 1 aliphatic rings. The van der Waals surface area contributed by atoms with Crippen molar-refractivity contribution < 1.29 is 18.7 Å². The number of ether oxygens (including phenoxy) is 1. The summed E-state index contributed by atoms with van der Waals surface area (Å²) >= 11 is 0. The molecule has 9 nitrogen and oxygen atoms in total. The van der Waals surface area contributed by atoms with Crippen LogP contribution < -0.4 is 15.8 Å². The number of hydrogen-bond donors (Lipinski definition) is 1. The number of methoxy groups -OCH3 is 1. The zero-order valence-corrected chi connectivity index (χ0v) is 19.2. The predicted octanol–water partition coefficient (Wildman–Crippen LogP) is 3.36. The Morgan fingerprint density at radius 3 is 2.59 bits per heavy atom. The Bertz CT molecular complexity index is 1460. The number of benzene rings is 2. The molecule has 1 aliphatic heterocycles. The molecule has 2 amide bonds. The van der Waals surface area contributed by atoms with Gasteiger partial charge in [-0.05, 0) is 55.7 Å². The van der Waals surface area contributed by atoms with Gasteiger partial charge < -0.3 is 23.9 Å². The molecule has 0 aliphatic carbocycles. The molecule has 2 aromatic heterocycles. The maximum atomic E-state index is 13.1. The van der Waals surface area contributed by atoms with E-state index in [0.717, 1.165) is 30.2 Å². The van der Waals surface area contributed by atoms with E-state index in [1.165, 1.54) is 4.57 Å². The Labute approximate surface area is 195 Å². The van der Waals surface area contributed by atoms with Crippen molar-refractivity contribution in [2.24, 2.45) is 7.05 Å². The Balaban J connectivity index is 1.41. The first-order valence-corrected chi connectivity index (χ1v) is 11.3. The Morgan fingerprint density at radius 1 is 1.03 bits per heavy atom. The summed E-state index contributed by atoms with van der Waals surface area (Å²) in [6, 6.07) is 12.4. The van der Waals surface area contributed by atoms with Crippen LogP contribution in [-0.4, -0.2) is 46.0 Å². The summed E-state index contributed by atoms with van der Waals surface area (Å²) in [6.07, 6.45) is 3.07. The van der Waals surface area contributed by atoms with Crippen LogP contribution in [0.5, 0.6) is 5.75 Å². The SMILES string of the molecule is COc1ccc2cc(C(=O)Nc3ccc4oc(=O)n(CC(=O)N5CCCCC5)c4c3)n(C)c2c1. The lowest BCUT2D eigenvalue weighted by atomic mass is 10.1. The zero-order chi connectivity index (χ0) is 23.8. The number of piperidine rings is 1. The first-order chi connectivity index (χ1) is 16.4. The van der Waals surface area contributed by atoms with Gasteiger partial charge in [0.05, 0.1) is 18.1 Å². The van der Waals surface area contributed by atoms with Crippen molar-refractivity contribution >= 4 is 39.5 Å². The Hall–Kier alpha value is -4.01. The third-order valence-corrected chi connectivity index (χ3v) is 6.41. The molecule has 0 atom stereocenters. The van der Waals surface area contributed by atoms with Crippen molar-refractivity contribution in [1.29, 1.82) is 0 Å². The number of rotatable bonds is 5. The summed E-state index contributed by atoms with van der Waals surface area (Å²) in [5.41, 5.74) is 2.69. The van der Waals surface area contributed by atoms with Gasteiger partial charge in [0.25, 0.3) is 5.91 Å². The van der Waals surface area contributed by atoms with Crippen LogP contribution >= 0.6 is 0 Å². The molecule has 9 heteroatoms. The lowest BCUT2D eigenvalue weighted by molar-refractivity contribution is -0.132. The van der Waals surface area contributed by atoms with Crippen LogP contribution in [0.1, 0.15) is 29.8 Å². The van der Waals surface area contributed by atoms with Gasteiger partial charge >= 0.3 is 5.76 Å². The fourth-order valence-electron chi connectivity index (χ4n) is 4.52. The highest BCUT2D eigenvalue weighted by Crippen LogP contribution is 2.25. The van der Waals surface area contributed by atoms with Gasteiger partial charge in [0.15, 0.2) is 5.58 Å². The largest absolute Gasteiger partial charge is 0.497 e. The van der Waals surface area contributed by atoms with E-state index in [-0.39, 0.29) is 18.4 Å². The summed E-state index contributed by atoms with van der Waals surface area (Å²) < 4.78 is 13.7. The molecular weight excluding hydrogens is 436 g/mol. The molecule has 0 bridgehead atoms. The van der Waals surface area contributed by atoms with Crippen molar-refractivity contribution in [1.82, 2.24) is 14.0 Å². The number of aromatic nitrogens is 2. The first-order valence-electron chi connectivity index (χ1n) is 11.3. The number of nitrogens with zero attached hydrogens (tertiary/aromatic N) is 3. The van der Waals surface area contributed by atoms with E-state index < -0.39 is 5.76 Å². The lowest BCUT2D eigenvalue weighted by Gasteiger charge is -2.26. The highest BCUT2D eigenvalue weighted by atomic mass is 16.5. The third kappa shape index (κ3) is 3.93. The Morgan fingerprint density at radius 2 is 1.82 bits per heavy atom. The average Bonchev–Trinajstić information content (AvgIpc) is 3.35. The van der Waals surface area contributed by atoms with Crippen LogP contribution in [0, 0.1) is 0 Å². The minimum atomic E-state index is -0.591. The smallest absolute Gasteiger partial charge is 0.420 e. The van der Waals surface area contributed by atoms with Gasteiger partial charge in [-0.3, -0.25) is 14.2 Å². The summed E-state index contributed by atoms with van der Waals surface area (Å²) in [7, 11) is 3.42. The second-order valence-electron chi connectivity index (χ2n) is 8.55. The fourth-order valence-corrected chi connectivity index (χ4v) is 4.52. The normalized spacial score (nSPS) is 14.0. The standard InChI is InChI=1S/C25H26N4O5/c1-27-19-14-18(33-2)8-6-16(19)12-21(27)24(31)26-17-7-9-22-20(13-17)29(25(32)34-22)15-23(30)28-10-4-3-5-11-28/h6-9,12-14H,3-5,10-11,15H2,1-2H3,(H,26,31). The topological polar surface area (TPSA) is 98.7 Å². The summed E-state index contributed by atoms with van der Waals surface area (Å²) in [5, 5.41) is 3.81. The van der Waals surface area contributed by atoms with E-state index in [9.17, 15) is 14.4 Å². The van der Waals surface area contributed by atoms with Gasteiger partial charge in [0.1, 0.15) is 18.0 Å². The minimum Gasteiger partial charge on any atom is -0.497 e. The first kappa shape index (κ1) is 21.8.